The summed E-state index contributed by atoms with van der Waals surface area (Å²) in [7, 11) is -1.81. The maximum atomic E-state index is 14.8. The molecule has 0 fully saturated rings. The molecular formula is C29H34F2N4O4S. The van der Waals surface area contributed by atoms with E-state index >= 15 is 0 Å². The van der Waals surface area contributed by atoms with E-state index in [0.717, 1.165) is 20.8 Å². The molecule has 0 aliphatic carbocycles. The predicted molar refractivity (Wildman–Crippen MR) is 151 cm³/mol. The maximum absolute atomic E-state index is 14.8. The molecule has 0 heterocycles. The number of carbonyl (C=O) groups is 2. The summed E-state index contributed by atoms with van der Waals surface area (Å²) in [6, 6.07) is 18.9. The molecule has 214 valence electrons. The van der Waals surface area contributed by atoms with Crippen molar-refractivity contribution < 1.29 is 26.8 Å². The third-order valence-electron chi connectivity index (χ3n) is 6.26. The number of nitrogens with one attached hydrogen (secondary N) is 1. The highest BCUT2D eigenvalue weighted by Gasteiger charge is 2.35. The van der Waals surface area contributed by atoms with Crippen molar-refractivity contribution in [2.75, 3.05) is 31.5 Å². The van der Waals surface area contributed by atoms with Crippen LogP contribution in [-0.2, 0) is 32.8 Å². The van der Waals surface area contributed by atoms with E-state index < -0.39 is 46.2 Å². The standard InChI is InChI=1S/C29H34F2N4O4S/c1-4-18-32-29(37)27(19-22-12-6-5-7-13-22)34(20-23-14-8-9-15-24(23)30)28(36)21-35(40(38,39)33(2)3)26-17-11-10-16-25(26)31/h5-17,27H,4,18-21H2,1-3H3,(H,32,37)/t27-/m0/s1. The van der Waals surface area contributed by atoms with Gasteiger partial charge in [-0.3, -0.25) is 9.59 Å². The second kappa shape index (κ2) is 14.0. The van der Waals surface area contributed by atoms with Crippen LogP contribution in [0.25, 0.3) is 0 Å². The Morgan fingerprint density at radius 3 is 2.08 bits per heavy atom. The molecule has 0 aromatic heterocycles. The average Bonchev–Trinajstić information content (AvgIpc) is 2.94. The molecule has 3 aromatic rings. The largest absolute Gasteiger partial charge is 0.354 e. The Morgan fingerprint density at radius 1 is 0.875 bits per heavy atom. The van der Waals surface area contributed by atoms with Crippen molar-refractivity contribution in [1.82, 2.24) is 14.5 Å². The Hall–Kier alpha value is -3.83. The molecule has 3 aromatic carbocycles. The molecular weight excluding hydrogens is 538 g/mol. The number of nitrogens with zero attached hydrogens (tertiary/aromatic N) is 3. The molecule has 0 aliphatic heterocycles. The lowest BCUT2D eigenvalue weighted by Crippen LogP contribution is -2.54. The topological polar surface area (TPSA) is 90.0 Å². The minimum Gasteiger partial charge on any atom is -0.354 e. The zero-order chi connectivity index (χ0) is 29.3. The van der Waals surface area contributed by atoms with Crippen molar-refractivity contribution in [1.29, 1.82) is 0 Å². The van der Waals surface area contributed by atoms with Gasteiger partial charge in [0.05, 0.1) is 5.69 Å². The molecule has 8 nitrogen and oxygen atoms in total. The third kappa shape index (κ3) is 7.64. The van der Waals surface area contributed by atoms with Gasteiger partial charge in [-0.1, -0.05) is 67.6 Å². The van der Waals surface area contributed by atoms with Crippen molar-refractivity contribution in [2.45, 2.75) is 32.4 Å². The first kappa shape index (κ1) is 30.7. The van der Waals surface area contributed by atoms with Crippen molar-refractivity contribution >= 4 is 27.7 Å². The molecule has 0 saturated carbocycles. The lowest BCUT2D eigenvalue weighted by Gasteiger charge is -2.34. The summed E-state index contributed by atoms with van der Waals surface area (Å²) in [5, 5.41) is 2.80. The summed E-state index contributed by atoms with van der Waals surface area (Å²) < 4.78 is 57.7. The minimum absolute atomic E-state index is 0.0940. The number of rotatable bonds is 13. The molecule has 1 atom stereocenters. The number of hydrogen-bond acceptors (Lipinski definition) is 4. The van der Waals surface area contributed by atoms with Gasteiger partial charge in [0.1, 0.15) is 24.2 Å². The molecule has 3 rings (SSSR count). The normalized spacial score (nSPS) is 12.2. The molecule has 0 aliphatic rings. The number of hydrogen-bond donors (Lipinski definition) is 1. The van der Waals surface area contributed by atoms with Gasteiger partial charge in [-0.05, 0) is 30.2 Å². The van der Waals surface area contributed by atoms with Gasteiger partial charge >= 0.3 is 10.2 Å². The molecule has 2 amide bonds. The fraction of sp³-hybridized carbons (Fsp3) is 0.310. The van der Waals surface area contributed by atoms with Crippen LogP contribution in [0.3, 0.4) is 0 Å². The van der Waals surface area contributed by atoms with Crippen LogP contribution < -0.4 is 9.62 Å². The Kier molecular flexibility index (Phi) is 10.7. The van der Waals surface area contributed by atoms with Crippen molar-refractivity contribution in [2.24, 2.45) is 0 Å². The van der Waals surface area contributed by atoms with E-state index in [4.69, 9.17) is 0 Å². The number of carbonyl (C=O) groups excluding carboxylic acids is 2. The lowest BCUT2D eigenvalue weighted by molar-refractivity contribution is -0.140. The van der Waals surface area contributed by atoms with Gasteiger partial charge in [0, 0.05) is 39.2 Å². The smallest absolute Gasteiger partial charge is 0.304 e. The second-order valence-electron chi connectivity index (χ2n) is 9.36. The summed E-state index contributed by atoms with van der Waals surface area (Å²) in [5.41, 5.74) is 0.563. The quantitative estimate of drug-likeness (QED) is 0.338. The first-order chi connectivity index (χ1) is 19.1. The number of para-hydroxylation sites is 1. The van der Waals surface area contributed by atoms with Crippen LogP contribution in [0.4, 0.5) is 14.5 Å². The van der Waals surface area contributed by atoms with Gasteiger partial charge in [-0.15, -0.1) is 0 Å². The van der Waals surface area contributed by atoms with E-state index in [1.165, 1.54) is 50.5 Å². The third-order valence-corrected chi connectivity index (χ3v) is 8.06. The molecule has 0 unspecified atom stereocenters. The fourth-order valence-electron chi connectivity index (χ4n) is 4.09. The Bertz CT molecular complexity index is 1400. The number of benzene rings is 3. The van der Waals surface area contributed by atoms with Gasteiger partial charge in [0.15, 0.2) is 0 Å². The minimum atomic E-state index is -4.34. The van der Waals surface area contributed by atoms with Gasteiger partial charge in [0.2, 0.25) is 11.8 Å². The summed E-state index contributed by atoms with van der Waals surface area (Å²) in [6.07, 6.45) is 0.740. The van der Waals surface area contributed by atoms with Crippen LogP contribution in [0.1, 0.15) is 24.5 Å². The highest BCUT2D eigenvalue weighted by molar-refractivity contribution is 7.90. The Balaban J connectivity index is 2.10. The zero-order valence-corrected chi connectivity index (χ0v) is 23.6. The molecule has 0 bridgehead atoms. The molecule has 0 radical (unpaired) electrons. The fourth-order valence-corrected chi connectivity index (χ4v) is 5.15. The number of halogens is 2. The zero-order valence-electron chi connectivity index (χ0n) is 22.8. The van der Waals surface area contributed by atoms with Gasteiger partial charge in [0.25, 0.3) is 0 Å². The Morgan fingerprint density at radius 2 is 1.48 bits per heavy atom. The van der Waals surface area contributed by atoms with Crippen LogP contribution in [0.2, 0.25) is 0 Å². The highest BCUT2D eigenvalue weighted by atomic mass is 32.2. The van der Waals surface area contributed by atoms with Crippen LogP contribution in [-0.4, -0.2) is 62.7 Å². The van der Waals surface area contributed by atoms with E-state index in [9.17, 15) is 26.8 Å². The summed E-state index contributed by atoms with van der Waals surface area (Å²) in [6.45, 7) is 1.10. The van der Waals surface area contributed by atoms with Crippen LogP contribution in [0.15, 0.2) is 78.9 Å². The van der Waals surface area contributed by atoms with Crippen LogP contribution in [0.5, 0.6) is 0 Å². The first-order valence-corrected chi connectivity index (χ1v) is 14.2. The van der Waals surface area contributed by atoms with E-state index in [0.29, 0.717) is 17.3 Å². The summed E-state index contributed by atoms with van der Waals surface area (Å²) >= 11 is 0. The Labute approximate surface area is 234 Å². The van der Waals surface area contributed by atoms with E-state index in [1.54, 1.807) is 30.3 Å². The number of amides is 2. The van der Waals surface area contributed by atoms with E-state index in [2.05, 4.69) is 5.32 Å². The summed E-state index contributed by atoms with van der Waals surface area (Å²) in [4.78, 5) is 28.6. The van der Waals surface area contributed by atoms with Crippen LogP contribution in [0, 0.1) is 11.6 Å². The van der Waals surface area contributed by atoms with Crippen molar-refractivity contribution in [3.8, 4) is 0 Å². The lowest BCUT2D eigenvalue weighted by atomic mass is 10.0. The molecule has 11 heteroatoms. The SMILES string of the molecule is CCCNC(=O)[C@H](Cc1ccccc1)N(Cc1ccccc1F)C(=O)CN(c1ccccc1F)S(=O)(=O)N(C)C. The van der Waals surface area contributed by atoms with Crippen LogP contribution >= 0.6 is 0 Å². The maximum Gasteiger partial charge on any atom is 0.304 e. The second-order valence-corrected chi connectivity index (χ2v) is 11.4. The molecule has 0 saturated heterocycles. The molecule has 1 N–H and O–H groups in total. The van der Waals surface area contributed by atoms with Crippen molar-refractivity contribution in [3.05, 3.63) is 102 Å². The van der Waals surface area contributed by atoms with Crippen molar-refractivity contribution in [3.63, 3.8) is 0 Å². The van der Waals surface area contributed by atoms with Gasteiger partial charge in [-0.2, -0.15) is 12.7 Å². The van der Waals surface area contributed by atoms with E-state index in [-0.39, 0.29) is 24.2 Å². The average molecular weight is 573 g/mol. The van der Waals surface area contributed by atoms with Gasteiger partial charge < -0.3 is 10.2 Å². The number of anilines is 1. The molecule has 40 heavy (non-hydrogen) atoms. The monoisotopic (exact) mass is 572 g/mol. The summed E-state index contributed by atoms with van der Waals surface area (Å²) in [5.74, 6) is -2.70. The first-order valence-electron chi connectivity index (χ1n) is 12.9. The highest BCUT2D eigenvalue weighted by Crippen LogP contribution is 2.24. The van der Waals surface area contributed by atoms with E-state index in [1.807, 2.05) is 13.0 Å². The van der Waals surface area contributed by atoms with Gasteiger partial charge in [-0.25, -0.2) is 13.1 Å². The molecule has 0 spiro atoms. The predicted octanol–water partition coefficient (Wildman–Crippen LogP) is 3.74.